The van der Waals surface area contributed by atoms with E-state index in [0.717, 1.165) is 46.5 Å². The van der Waals surface area contributed by atoms with Crippen molar-refractivity contribution in [2.45, 2.75) is 26.0 Å². The van der Waals surface area contributed by atoms with Gasteiger partial charge in [-0.25, -0.2) is 4.57 Å². The van der Waals surface area contributed by atoms with Crippen LogP contribution in [0.2, 0.25) is 0 Å². The minimum Gasteiger partial charge on any atom is -0.497 e. The van der Waals surface area contributed by atoms with Crippen LogP contribution in [0.5, 0.6) is 11.5 Å². The van der Waals surface area contributed by atoms with E-state index in [4.69, 9.17) is 14.5 Å². The number of benzene rings is 1. The number of thioether (sulfide) groups is 1. The standard InChI is InChI=1S/C20H23N2O2S/c1-12-9-22-18(13(2)19(12)24-4)11-25-10-15-7-14-5-6-16(23-3)8-17(14)21-20(15)22/h5-6,8-9,15H,7,10-11H2,1-4H3/q+1. The Labute approximate surface area is 152 Å². The van der Waals surface area contributed by atoms with E-state index in [1.165, 1.54) is 16.8 Å². The van der Waals surface area contributed by atoms with Crippen LogP contribution in [0.3, 0.4) is 0 Å². The lowest BCUT2D eigenvalue weighted by Crippen LogP contribution is -2.51. The normalized spacial score (nSPS) is 18.4. The second kappa shape index (κ2) is 6.37. The molecule has 0 saturated carbocycles. The molecule has 0 amide bonds. The first-order valence-electron chi connectivity index (χ1n) is 8.54. The monoisotopic (exact) mass is 355 g/mol. The molecule has 0 N–H and O–H groups in total. The summed E-state index contributed by atoms with van der Waals surface area (Å²) in [5, 5.41) is 0. The first-order chi connectivity index (χ1) is 12.1. The molecule has 0 saturated heterocycles. The van der Waals surface area contributed by atoms with Gasteiger partial charge in [-0.2, -0.15) is 11.8 Å². The van der Waals surface area contributed by atoms with Crippen molar-refractivity contribution in [3.05, 3.63) is 46.8 Å². The number of pyridine rings is 1. The molecule has 0 bridgehead atoms. The molecular formula is C20H23N2O2S+. The van der Waals surface area contributed by atoms with Crippen molar-refractivity contribution in [1.82, 2.24) is 0 Å². The van der Waals surface area contributed by atoms with E-state index >= 15 is 0 Å². The predicted octanol–water partition coefficient (Wildman–Crippen LogP) is 3.61. The highest BCUT2D eigenvalue weighted by Crippen LogP contribution is 2.35. The molecule has 25 heavy (non-hydrogen) atoms. The van der Waals surface area contributed by atoms with Crippen LogP contribution in [0.4, 0.5) is 5.69 Å². The Hall–Kier alpha value is -2.01. The van der Waals surface area contributed by atoms with Crippen LogP contribution >= 0.6 is 11.8 Å². The second-order valence-electron chi connectivity index (χ2n) is 6.67. The van der Waals surface area contributed by atoms with Crippen LogP contribution in [0.15, 0.2) is 29.4 Å². The third-order valence-electron chi connectivity index (χ3n) is 5.11. The van der Waals surface area contributed by atoms with Crippen LogP contribution in [0.25, 0.3) is 0 Å². The molecule has 5 heteroatoms. The summed E-state index contributed by atoms with van der Waals surface area (Å²) in [5.41, 5.74) is 5.99. The van der Waals surface area contributed by atoms with E-state index in [2.05, 4.69) is 30.7 Å². The minimum atomic E-state index is 0.435. The van der Waals surface area contributed by atoms with E-state index in [0.29, 0.717) is 5.92 Å². The van der Waals surface area contributed by atoms with Gasteiger partial charge < -0.3 is 9.47 Å². The zero-order valence-electron chi connectivity index (χ0n) is 15.1. The maximum atomic E-state index is 5.63. The predicted molar refractivity (Wildman–Crippen MR) is 102 cm³/mol. The van der Waals surface area contributed by atoms with Gasteiger partial charge in [0, 0.05) is 28.5 Å². The van der Waals surface area contributed by atoms with Crippen molar-refractivity contribution in [2.24, 2.45) is 10.9 Å². The molecule has 1 aromatic heterocycles. The lowest BCUT2D eigenvalue weighted by atomic mass is 9.94. The Morgan fingerprint density at radius 3 is 2.80 bits per heavy atom. The molecule has 4 nitrogen and oxygen atoms in total. The van der Waals surface area contributed by atoms with E-state index in [1.807, 2.05) is 23.9 Å². The fourth-order valence-corrected chi connectivity index (χ4v) is 5.05. The first kappa shape index (κ1) is 16.5. The Morgan fingerprint density at radius 1 is 1.20 bits per heavy atom. The van der Waals surface area contributed by atoms with E-state index in [-0.39, 0.29) is 0 Å². The van der Waals surface area contributed by atoms with Gasteiger partial charge >= 0.3 is 5.84 Å². The maximum absolute atomic E-state index is 5.63. The topological polar surface area (TPSA) is 34.7 Å². The smallest absolute Gasteiger partial charge is 0.308 e. The molecule has 2 aliphatic rings. The average molecular weight is 355 g/mol. The average Bonchev–Trinajstić information content (AvgIpc) is 2.79. The SMILES string of the molecule is COc1ccc2c(c1)N=C1C(CSCc3c(C)c(OC)c(C)c[n+]31)C2. The van der Waals surface area contributed by atoms with Crippen LogP contribution in [0.1, 0.15) is 22.4 Å². The molecule has 1 unspecified atom stereocenters. The molecule has 4 rings (SSSR count). The lowest BCUT2D eigenvalue weighted by molar-refractivity contribution is -0.568. The zero-order valence-corrected chi connectivity index (χ0v) is 15.9. The largest absolute Gasteiger partial charge is 0.497 e. The number of aryl methyl sites for hydroxylation is 1. The van der Waals surface area contributed by atoms with Crippen molar-refractivity contribution >= 4 is 23.3 Å². The number of rotatable bonds is 2. The van der Waals surface area contributed by atoms with Crippen LogP contribution in [-0.2, 0) is 12.2 Å². The van der Waals surface area contributed by atoms with Crippen LogP contribution < -0.4 is 14.0 Å². The summed E-state index contributed by atoms with van der Waals surface area (Å²) in [7, 11) is 3.45. The van der Waals surface area contributed by atoms with E-state index in [9.17, 15) is 0 Å². The molecule has 3 heterocycles. The summed E-state index contributed by atoms with van der Waals surface area (Å²) in [4.78, 5) is 5.06. The number of nitrogens with zero attached hydrogens (tertiary/aromatic N) is 2. The lowest BCUT2D eigenvalue weighted by Gasteiger charge is -2.19. The van der Waals surface area contributed by atoms with Crippen molar-refractivity contribution < 1.29 is 14.0 Å². The summed E-state index contributed by atoms with van der Waals surface area (Å²) >= 11 is 1.98. The van der Waals surface area contributed by atoms with E-state index in [1.54, 1.807) is 14.2 Å². The molecule has 1 aromatic carbocycles. The van der Waals surface area contributed by atoms with E-state index < -0.39 is 0 Å². The van der Waals surface area contributed by atoms with Crippen molar-refractivity contribution in [3.63, 3.8) is 0 Å². The maximum Gasteiger partial charge on any atom is 0.308 e. The number of ether oxygens (including phenoxy) is 2. The van der Waals surface area contributed by atoms with Crippen molar-refractivity contribution in [2.75, 3.05) is 20.0 Å². The van der Waals surface area contributed by atoms with Crippen LogP contribution in [-0.4, -0.2) is 25.8 Å². The van der Waals surface area contributed by atoms with Crippen molar-refractivity contribution in [1.29, 1.82) is 0 Å². The summed E-state index contributed by atoms with van der Waals surface area (Å²) in [6.07, 6.45) is 3.21. The molecule has 0 radical (unpaired) electrons. The van der Waals surface area contributed by atoms with Gasteiger partial charge in [-0.3, -0.25) is 0 Å². The second-order valence-corrected chi connectivity index (χ2v) is 7.70. The summed E-state index contributed by atoms with van der Waals surface area (Å²) in [5.74, 6) is 5.50. The van der Waals surface area contributed by atoms with Gasteiger partial charge in [-0.15, -0.1) is 0 Å². The highest BCUT2D eigenvalue weighted by molar-refractivity contribution is 7.98. The van der Waals surface area contributed by atoms with Gasteiger partial charge in [0.15, 0.2) is 5.69 Å². The van der Waals surface area contributed by atoms with Crippen LogP contribution in [0, 0.1) is 19.8 Å². The molecule has 1 atom stereocenters. The Kier molecular flexibility index (Phi) is 4.20. The Bertz CT molecular complexity index is 876. The van der Waals surface area contributed by atoms with Gasteiger partial charge in [0.1, 0.15) is 23.4 Å². The zero-order chi connectivity index (χ0) is 17.6. The Morgan fingerprint density at radius 2 is 2.04 bits per heavy atom. The first-order valence-corrected chi connectivity index (χ1v) is 9.70. The number of methoxy groups -OCH3 is 2. The molecule has 2 aromatic rings. The highest BCUT2D eigenvalue weighted by atomic mass is 32.2. The minimum absolute atomic E-state index is 0.435. The number of aromatic nitrogens is 1. The van der Waals surface area contributed by atoms with Gasteiger partial charge in [0.25, 0.3) is 0 Å². The molecule has 0 spiro atoms. The molecule has 130 valence electrons. The third-order valence-corrected chi connectivity index (χ3v) is 6.23. The summed E-state index contributed by atoms with van der Waals surface area (Å²) in [6.45, 7) is 4.26. The van der Waals surface area contributed by atoms with Gasteiger partial charge in [0.05, 0.1) is 25.9 Å². The third kappa shape index (κ3) is 2.71. The molecule has 2 aliphatic heterocycles. The number of fused-ring (bicyclic) bond motifs is 4. The molecule has 0 aliphatic carbocycles. The van der Waals surface area contributed by atoms with Gasteiger partial charge in [0.2, 0.25) is 0 Å². The fourth-order valence-electron chi connectivity index (χ4n) is 3.83. The molecular weight excluding hydrogens is 332 g/mol. The number of hydrogen-bond donors (Lipinski definition) is 0. The van der Waals surface area contributed by atoms with Crippen molar-refractivity contribution in [3.8, 4) is 11.5 Å². The number of aliphatic imine (C=N–C) groups is 1. The highest BCUT2D eigenvalue weighted by Gasteiger charge is 2.37. The summed E-state index contributed by atoms with van der Waals surface area (Å²) in [6, 6.07) is 6.23. The Balaban J connectivity index is 1.91. The molecule has 0 fully saturated rings. The fraction of sp³-hybridized carbons (Fsp3) is 0.400. The van der Waals surface area contributed by atoms with Gasteiger partial charge in [-0.05, 0) is 31.3 Å². The quantitative estimate of drug-likeness (QED) is 0.772. The van der Waals surface area contributed by atoms with Gasteiger partial charge in [-0.1, -0.05) is 6.07 Å². The number of hydrogen-bond acceptors (Lipinski definition) is 4. The summed E-state index contributed by atoms with van der Waals surface area (Å²) < 4.78 is 13.3.